The Morgan fingerprint density at radius 3 is 2.52 bits per heavy atom. The van der Waals surface area contributed by atoms with Gasteiger partial charge in [-0.15, -0.1) is 0 Å². The standard InChI is InChI=1S/C19H17N3O/c1-12-4-9-16-18-17(10-13(2)21-19(12)18)22(11-20-16)14-5-7-15(23-3)8-6-14/h4-11H,1-3H3. The molecule has 0 atom stereocenters. The van der Waals surface area contributed by atoms with Crippen LogP contribution in [0.25, 0.3) is 10.9 Å². The second-order valence-corrected chi connectivity index (χ2v) is 5.72. The van der Waals surface area contributed by atoms with Gasteiger partial charge in [0.25, 0.3) is 0 Å². The number of aliphatic imine (C=N–C) groups is 1. The van der Waals surface area contributed by atoms with Crippen LogP contribution in [0, 0.1) is 13.8 Å². The van der Waals surface area contributed by atoms with Crippen LogP contribution in [0.1, 0.15) is 11.3 Å². The molecular formula is C19H17N3O. The van der Waals surface area contributed by atoms with Gasteiger partial charge in [-0.1, -0.05) is 6.07 Å². The number of benzene rings is 2. The molecule has 4 heteroatoms. The van der Waals surface area contributed by atoms with Gasteiger partial charge in [-0.2, -0.15) is 0 Å². The predicted molar refractivity (Wildman–Crippen MR) is 94.5 cm³/mol. The van der Waals surface area contributed by atoms with Crippen LogP contribution in [-0.4, -0.2) is 18.4 Å². The number of nitrogens with zero attached hydrogens (tertiary/aromatic N) is 3. The highest BCUT2D eigenvalue weighted by atomic mass is 16.5. The summed E-state index contributed by atoms with van der Waals surface area (Å²) in [5.41, 5.74) is 6.33. The van der Waals surface area contributed by atoms with Crippen LogP contribution in [0.15, 0.2) is 47.5 Å². The van der Waals surface area contributed by atoms with Crippen molar-refractivity contribution < 1.29 is 4.74 Å². The fourth-order valence-electron chi connectivity index (χ4n) is 2.99. The van der Waals surface area contributed by atoms with Gasteiger partial charge in [0.1, 0.15) is 12.1 Å². The third-order valence-electron chi connectivity index (χ3n) is 4.17. The first-order chi connectivity index (χ1) is 11.2. The lowest BCUT2D eigenvalue weighted by molar-refractivity contribution is 0.415. The third kappa shape index (κ3) is 2.14. The van der Waals surface area contributed by atoms with Crippen molar-refractivity contribution in [1.82, 2.24) is 4.98 Å². The highest BCUT2D eigenvalue weighted by Gasteiger charge is 2.19. The number of pyridine rings is 1. The number of ether oxygens (including phenoxy) is 1. The van der Waals surface area contributed by atoms with Crippen molar-refractivity contribution in [1.29, 1.82) is 0 Å². The number of rotatable bonds is 2. The van der Waals surface area contributed by atoms with Crippen LogP contribution in [0.2, 0.25) is 0 Å². The van der Waals surface area contributed by atoms with Gasteiger partial charge in [0.05, 0.1) is 29.4 Å². The quantitative estimate of drug-likeness (QED) is 0.690. The Hall–Kier alpha value is -2.88. The largest absolute Gasteiger partial charge is 0.497 e. The van der Waals surface area contributed by atoms with E-state index in [4.69, 9.17) is 9.72 Å². The van der Waals surface area contributed by atoms with Crippen molar-refractivity contribution in [3.8, 4) is 5.75 Å². The Morgan fingerprint density at radius 1 is 1.00 bits per heavy atom. The predicted octanol–water partition coefficient (Wildman–Crippen LogP) is 4.67. The minimum Gasteiger partial charge on any atom is -0.497 e. The molecule has 1 aromatic heterocycles. The van der Waals surface area contributed by atoms with Gasteiger partial charge >= 0.3 is 0 Å². The van der Waals surface area contributed by atoms with E-state index < -0.39 is 0 Å². The molecule has 114 valence electrons. The van der Waals surface area contributed by atoms with Crippen molar-refractivity contribution in [3.63, 3.8) is 0 Å². The van der Waals surface area contributed by atoms with E-state index in [9.17, 15) is 0 Å². The molecular weight excluding hydrogens is 286 g/mol. The molecule has 4 rings (SSSR count). The zero-order valence-corrected chi connectivity index (χ0v) is 13.4. The van der Waals surface area contributed by atoms with Gasteiger partial charge in [0.2, 0.25) is 0 Å². The molecule has 0 radical (unpaired) electrons. The van der Waals surface area contributed by atoms with E-state index in [-0.39, 0.29) is 0 Å². The fraction of sp³-hybridized carbons (Fsp3) is 0.158. The first-order valence-corrected chi connectivity index (χ1v) is 7.56. The van der Waals surface area contributed by atoms with Crippen molar-refractivity contribution in [2.75, 3.05) is 12.0 Å². The van der Waals surface area contributed by atoms with Gasteiger partial charge in [0, 0.05) is 11.4 Å². The Bertz CT molecular complexity index is 929. The molecule has 0 amide bonds. The van der Waals surface area contributed by atoms with E-state index in [0.29, 0.717) is 0 Å². The molecule has 0 bridgehead atoms. The average Bonchev–Trinajstić information content (AvgIpc) is 2.58. The van der Waals surface area contributed by atoms with Gasteiger partial charge < -0.3 is 9.64 Å². The van der Waals surface area contributed by atoms with Crippen LogP contribution >= 0.6 is 0 Å². The number of aromatic nitrogens is 1. The molecule has 23 heavy (non-hydrogen) atoms. The van der Waals surface area contributed by atoms with E-state index in [0.717, 1.165) is 39.4 Å². The molecule has 0 saturated carbocycles. The van der Waals surface area contributed by atoms with Crippen molar-refractivity contribution in [3.05, 3.63) is 53.7 Å². The Kier molecular flexibility index (Phi) is 3.05. The molecule has 3 aromatic rings. The van der Waals surface area contributed by atoms with E-state index in [2.05, 4.69) is 35.0 Å². The molecule has 0 fully saturated rings. The number of aryl methyl sites for hydroxylation is 2. The molecule has 1 aliphatic heterocycles. The van der Waals surface area contributed by atoms with Crippen LogP contribution in [0.4, 0.5) is 17.1 Å². The van der Waals surface area contributed by atoms with Crippen LogP contribution in [0.3, 0.4) is 0 Å². The molecule has 2 heterocycles. The summed E-state index contributed by atoms with van der Waals surface area (Å²) in [6.07, 6.45) is 1.87. The number of anilines is 2. The molecule has 2 aromatic carbocycles. The highest BCUT2D eigenvalue weighted by Crippen LogP contribution is 2.41. The SMILES string of the molecule is COc1ccc(N2C=Nc3ccc(C)c4nc(C)cc2c34)cc1. The van der Waals surface area contributed by atoms with Gasteiger partial charge in [0.15, 0.2) is 0 Å². The average molecular weight is 303 g/mol. The molecule has 0 aliphatic carbocycles. The Balaban J connectivity index is 1.95. The second-order valence-electron chi connectivity index (χ2n) is 5.72. The molecule has 0 N–H and O–H groups in total. The summed E-state index contributed by atoms with van der Waals surface area (Å²) in [6, 6.07) is 14.2. The number of methoxy groups -OCH3 is 1. The minimum atomic E-state index is 0.843. The summed E-state index contributed by atoms with van der Waals surface area (Å²) < 4.78 is 5.24. The fourth-order valence-corrected chi connectivity index (χ4v) is 2.99. The lowest BCUT2D eigenvalue weighted by atomic mass is 10.0. The molecule has 0 spiro atoms. The topological polar surface area (TPSA) is 37.7 Å². The van der Waals surface area contributed by atoms with Crippen LogP contribution in [0.5, 0.6) is 5.75 Å². The van der Waals surface area contributed by atoms with Crippen molar-refractivity contribution in [2.24, 2.45) is 4.99 Å². The number of hydrogen-bond donors (Lipinski definition) is 0. The lowest BCUT2D eigenvalue weighted by Crippen LogP contribution is -2.17. The van der Waals surface area contributed by atoms with Crippen molar-refractivity contribution in [2.45, 2.75) is 13.8 Å². The zero-order chi connectivity index (χ0) is 16.0. The lowest BCUT2D eigenvalue weighted by Gasteiger charge is -2.26. The van der Waals surface area contributed by atoms with E-state index in [1.807, 2.05) is 37.5 Å². The summed E-state index contributed by atoms with van der Waals surface area (Å²) in [6.45, 7) is 4.12. The Morgan fingerprint density at radius 2 is 1.78 bits per heavy atom. The van der Waals surface area contributed by atoms with E-state index >= 15 is 0 Å². The third-order valence-corrected chi connectivity index (χ3v) is 4.17. The summed E-state index contributed by atoms with van der Waals surface area (Å²) in [5, 5.41) is 1.11. The van der Waals surface area contributed by atoms with E-state index in [1.165, 1.54) is 5.56 Å². The maximum Gasteiger partial charge on any atom is 0.119 e. The van der Waals surface area contributed by atoms with E-state index in [1.54, 1.807) is 7.11 Å². The van der Waals surface area contributed by atoms with Crippen LogP contribution < -0.4 is 9.64 Å². The minimum absolute atomic E-state index is 0.843. The van der Waals surface area contributed by atoms with Gasteiger partial charge in [-0.05, 0) is 55.8 Å². The summed E-state index contributed by atoms with van der Waals surface area (Å²) in [7, 11) is 1.67. The second kappa shape index (κ2) is 5.09. The molecule has 4 nitrogen and oxygen atoms in total. The van der Waals surface area contributed by atoms with Crippen LogP contribution in [-0.2, 0) is 0 Å². The summed E-state index contributed by atoms with van der Waals surface area (Å²) in [5.74, 6) is 0.843. The monoisotopic (exact) mass is 303 g/mol. The normalized spacial score (nSPS) is 12.7. The number of hydrogen-bond acceptors (Lipinski definition) is 4. The zero-order valence-electron chi connectivity index (χ0n) is 13.4. The molecule has 0 saturated heterocycles. The summed E-state index contributed by atoms with van der Waals surface area (Å²) >= 11 is 0. The summed E-state index contributed by atoms with van der Waals surface area (Å²) in [4.78, 5) is 11.4. The smallest absolute Gasteiger partial charge is 0.119 e. The first kappa shape index (κ1) is 13.8. The van der Waals surface area contributed by atoms with Gasteiger partial charge in [-0.3, -0.25) is 4.98 Å². The Labute approximate surface area is 135 Å². The highest BCUT2D eigenvalue weighted by molar-refractivity contribution is 6.11. The van der Waals surface area contributed by atoms with Gasteiger partial charge in [-0.25, -0.2) is 4.99 Å². The maximum atomic E-state index is 5.24. The molecule has 1 aliphatic rings. The first-order valence-electron chi connectivity index (χ1n) is 7.56. The van der Waals surface area contributed by atoms with Crippen molar-refractivity contribution >= 4 is 34.3 Å². The molecule has 0 unspecified atom stereocenters. The maximum absolute atomic E-state index is 5.24.